The molecule has 102 valence electrons. The van der Waals surface area contributed by atoms with Crippen LogP contribution in [0.15, 0.2) is 0 Å². The summed E-state index contributed by atoms with van der Waals surface area (Å²) in [5.41, 5.74) is 5.01. The number of carbonyl (C=O) groups excluding carboxylic acids is 1. The van der Waals surface area contributed by atoms with Gasteiger partial charge in [-0.25, -0.2) is 0 Å². The summed E-state index contributed by atoms with van der Waals surface area (Å²) >= 11 is 5.06. The third kappa shape index (κ3) is 2.52. The van der Waals surface area contributed by atoms with E-state index in [1.165, 1.54) is 0 Å². The third-order valence-corrected chi connectivity index (χ3v) is 4.54. The second-order valence-electron chi connectivity index (χ2n) is 6.07. The number of amides is 1. The molecule has 1 heterocycles. The Morgan fingerprint density at radius 2 is 2.11 bits per heavy atom. The summed E-state index contributed by atoms with van der Waals surface area (Å²) in [4.78, 5) is 12.7. The standard InChI is InChI=1S/C13H22N2O2S/c1-12(2)8-9(4-7-17-12)15-11(16)13(10(14)18)5-3-6-13/h9H,3-8H2,1-2H3,(H2,14,18)(H,15,16). The number of thiocarbonyl (C=S) groups is 1. The Morgan fingerprint density at radius 3 is 2.56 bits per heavy atom. The number of ether oxygens (including phenoxy) is 1. The van der Waals surface area contributed by atoms with Crippen LogP contribution in [0.4, 0.5) is 0 Å². The van der Waals surface area contributed by atoms with Crippen LogP contribution in [0.3, 0.4) is 0 Å². The van der Waals surface area contributed by atoms with E-state index in [9.17, 15) is 4.79 Å². The molecule has 2 aliphatic rings. The SMILES string of the molecule is CC1(C)CC(NC(=O)C2(C(N)=S)CCC2)CCO1. The van der Waals surface area contributed by atoms with Gasteiger partial charge in [0.15, 0.2) is 0 Å². The molecule has 1 saturated heterocycles. The molecule has 4 nitrogen and oxygen atoms in total. The van der Waals surface area contributed by atoms with E-state index in [2.05, 4.69) is 19.2 Å². The van der Waals surface area contributed by atoms with Crippen molar-refractivity contribution in [2.45, 2.75) is 57.6 Å². The van der Waals surface area contributed by atoms with Gasteiger partial charge in [-0.05, 0) is 39.5 Å². The predicted molar refractivity (Wildman–Crippen MR) is 74.3 cm³/mol. The van der Waals surface area contributed by atoms with Crippen LogP contribution in [0.1, 0.15) is 46.0 Å². The molecule has 18 heavy (non-hydrogen) atoms. The minimum atomic E-state index is -0.572. The Hall–Kier alpha value is -0.680. The average Bonchev–Trinajstić information content (AvgIpc) is 2.12. The first-order chi connectivity index (χ1) is 8.36. The predicted octanol–water partition coefficient (Wildman–Crippen LogP) is 1.52. The molecule has 0 spiro atoms. The Balaban J connectivity index is 1.97. The molecule has 3 N–H and O–H groups in total. The second kappa shape index (κ2) is 4.78. The molecule has 0 aromatic rings. The molecule has 0 aromatic carbocycles. The van der Waals surface area contributed by atoms with Crippen molar-refractivity contribution < 1.29 is 9.53 Å². The van der Waals surface area contributed by atoms with Crippen molar-refractivity contribution in [3.63, 3.8) is 0 Å². The highest BCUT2D eigenvalue weighted by atomic mass is 32.1. The molecule has 1 atom stereocenters. The normalized spacial score (nSPS) is 29.1. The fraction of sp³-hybridized carbons (Fsp3) is 0.846. The van der Waals surface area contributed by atoms with E-state index in [1.807, 2.05) is 0 Å². The lowest BCUT2D eigenvalue weighted by molar-refractivity contribution is -0.133. The highest BCUT2D eigenvalue weighted by molar-refractivity contribution is 7.80. The summed E-state index contributed by atoms with van der Waals surface area (Å²) in [6.45, 7) is 4.80. The van der Waals surface area contributed by atoms with Gasteiger partial charge < -0.3 is 15.8 Å². The van der Waals surface area contributed by atoms with Gasteiger partial charge in [0.05, 0.1) is 16.0 Å². The van der Waals surface area contributed by atoms with E-state index in [4.69, 9.17) is 22.7 Å². The lowest BCUT2D eigenvalue weighted by Crippen LogP contribution is -2.56. The highest BCUT2D eigenvalue weighted by Crippen LogP contribution is 2.41. The van der Waals surface area contributed by atoms with Gasteiger partial charge in [-0.15, -0.1) is 0 Å². The summed E-state index contributed by atoms with van der Waals surface area (Å²) in [6, 6.07) is 0.174. The molecule has 1 aliphatic heterocycles. The Kier molecular flexibility index (Phi) is 3.65. The first kappa shape index (κ1) is 13.7. The fourth-order valence-corrected chi connectivity index (χ4v) is 3.09. The van der Waals surface area contributed by atoms with Gasteiger partial charge in [0, 0.05) is 12.6 Å². The first-order valence-electron chi connectivity index (χ1n) is 6.61. The van der Waals surface area contributed by atoms with Crippen molar-refractivity contribution in [3.8, 4) is 0 Å². The lowest BCUT2D eigenvalue weighted by atomic mass is 9.67. The monoisotopic (exact) mass is 270 g/mol. The van der Waals surface area contributed by atoms with Crippen molar-refractivity contribution in [1.29, 1.82) is 0 Å². The van der Waals surface area contributed by atoms with Gasteiger partial charge in [-0.1, -0.05) is 18.6 Å². The van der Waals surface area contributed by atoms with Crippen LogP contribution in [0.5, 0.6) is 0 Å². The Bertz CT molecular complexity index is 364. The Labute approximate surface area is 114 Å². The third-order valence-electron chi connectivity index (χ3n) is 4.15. The smallest absolute Gasteiger partial charge is 0.233 e. The maximum Gasteiger partial charge on any atom is 0.233 e. The number of carbonyl (C=O) groups is 1. The van der Waals surface area contributed by atoms with Crippen molar-refractivity contribution in [1.82, 2.24) is 5.32 Å². The molecular weight excluding hydrogens is 248 g/mol. The van der Waals surface area contributed by atoms with Gasteiger partial charge >= 0.3 is 0 Å². The number of nitrogens with one attached hydrogen (secondary N) is 1. The van der Waals surface area contributed by atoms with Crippen LogP contribution in [-0.2, 0) is 9.53 Å². The highest BCUT2D eigenvalue weighted by Gasteiger charge is 2.47. The topological polar surface area (TPSA) is 64.4 Å². The quantitative estimate of drug-likeness (QED) is 0.763. The number of hydrogen-bond acceptors (Lipinski definition) is 3. The molecule has 2 rings (SSSR count). The first-order valence-corrected chi connectivity index (χ1v) is 7.01. The number of hydrogen-bond donors (Lipinski definition) is 2. The summed E-state index contributed by atoms with van der Waals surface area (Å²) in [7, 11) is 0. The fourth-order valence-electron chi connectivity index (χ4n) is 2.79. The van der Waals surface area contributed by atoms with E-state index in [1.54, 1.807) is 0 Å². The van der Waals surface area contributed by atoms with Crippen LogP contribution in [-0.4, -0.2) is 29.1 Å². The zero-order valence-electron chi connectivity index (χ0n) is 11.1. The van der Waals surface area contributed by atoms with Crippen LogP contribution in [0.25, 0.3) is 0 Å². The summed E-state index contributed by atoms with van der Waals surface area (Å²) in [6.07, 6.45) is 4.32. The van der Waals surface area contributed by atoms with E-state index in [0.717, 1.165) is 32.1 Å². The van der Waals surface area contributed by atoms with Gasteiger partial charge in [0.1, 0.15) is 0 Å². The van der Waals surface area contributed by atoms with Crippen molar-refractivity contribution in [2.75, 3.05) is 6.61 Å². The van der Waals surface area contributed by atoms with Crippen molar-refractivity contribution in [2.24, 2.45) is 11.1 Å². The second-order valence-corrected chi connectivity index (χ2v) is 6.51. The van der Waals surface area contributed by atoms with E-state index in [-0.39, 0.29) is 17.6 Å². The molecule has 1 saturated carbocycles. The maximum atomic E-state index is 12.3. The van der Waals surface area contributed by atoms with E-state index >= 15 is 0 Å². The van der Waals surface area contributed by atoms with Crippen LogP contribution < -0.4 is 11.1 Å². The van der Waals surface area contributed by atoms with Crippen molar-refractivity contribution in [3.05, 3.63) is 0 Å². The number of nitrogens with two attached hydrogens (primary N) is 1. The largest absolute Gasteiger partial charge is 0.392 e. The average molecular weight is 270 g/mol. The van der Waals surface area contributed by atoms with Crippen LogP contribution in [0, 0.1) is 5.41 Å². The van der Waals surface area contributed by atoms with Gasteiger partial charge in [-0.3, -0.25) is 4.79 Å². The molecule has 1 aliphatic carbocycles. The number of rotatable bonds is 3. The van der Waals surface area contributed by atoms with Crippen LogP contribution in [0.2, 0.25) is 0 Å². The lowest BCUT2D eigenvalue weighted by Gasteiger charge is -2.42. The molecular formula is C13H22N2O2S. The van der Waals surface area contributed by atoms with Gasteiger partial charge in [0.25, 0.3) is 0 Å². The minimum absolute atomic E-state index is 0.0175. The summed E-state index contributed by atoms with van der Waals surface area (Å²) < 4.78 is 5.65. The van der Waals surface area contributed by atoms with E-state index in [0.29, 0.717) is 11.6 Å². The minimum Gasteiger partial charge on any atom is -0.392 e. The molecule has 5 heteroatoms. The van der Waals surface area contributed by atoms with Gasteiger partial charge in [0.2, 0.25) is 5.91 Å². The molecule has 1 amide bonds. The summed E-state index contributed by atoms with van der Waals surface area (Å²) in [5.74, 6) is 0.0175. The molecule has 2 fully saturated rings. The zero-order valence-corrected chi connectivity index (χ0v) is 11.9. The molecule has 0 radical (unpaired) electrons. The van der Waals surface area contributed by atoms with Crippen LogP contribution >= 0.6 is 12.2 Å². The maximum absolute atomic E-state index is 12.3. The molecule has 0 aromatic heterocycles. The van der Waals surface area contributed by atoms with E-state index < -0.39 is 5.41 Å². The van der Waals surface area contributed by atoms with Crippen molar-refractivity contribution >= 4 is 23.1 Å². The molecule has 1 unspecified atom stereocenters. The Morgan fingerprint density at radius 1 is 1.44 bits per heavy atom. The van der Waals surface area contributed by atoms with Gasteiger partial charge in [-0.2, -0.15) is 0 Å². The zero-order chi connectivity index (χ0) is 13.4. The molecule has 0 bridgehead atoms. The summed E-state index contributed by atoms with van der Waals surface area (Å²) in [5, 5.41) is 3.11.